The van der Waals surface area contributed by atoms with Gasteiger partial charge in [-0.1, -0.05) is 12.1 Å². The summed E-state index contributed by atoms with van der Waals surface area (Å²) in [6, 6.07) is 11.1. The number of nitrogens with two attached hydrogens (primary N) is 1. The van der Waals surface area contributed by atoms with Crippen molar-refractivity contribution in [3.05, 3.63) is 59.2 Å². The highest BCUT2D eigenvalue weighted by atomic mass is 16.5. The van der Waals surface area contributed by atoms with Gasteiger partial charge in [0.2, 0.25) is 0 Å². The van der Waals surface area contributed by atoms with Gasteiger partial charge in [0, 0.05) is 37.5 Å². The molecule has 140 valence electrons. The molecule has 5 heteroatoms. The van der Waals surface area contributed by atoms with E-state index in [1.54, 1.807) is 7.11 Å². The second-order valence-corrected chi connectivity index (χ2v) is 7.04. The third kappa shape index (κ3) is 5.10. The van der Waals surface area contributed by atoms with E-state index < -0.39 is 0 Å². The second-order valence-electron chi connectivity index (χ2n) is 7.04. The predicted octanol–water partition coefficient (Wildman–Crippen LogP) is 2.94. The summed E-state index contributed by atoms with van der Waals surface area (Å²) < 4.78 is 5.21. The SMILES string of the molecule is COCc1cccc(CC(CCCN)NC2CCCc3cccnc32)n1. The average Bonchev–Trinajstić information content (AvgIpc) is 2.67. The van der Waals surface area contributed by atoms with E-state index >= 15 is 0 Å². The van der Waals surface area contributed by atoms with Crippen molar-refractivity contribution >= 4 is 0 Å². The molecule has 0 aliphatic heterocycles. The molecule has 0 bridgehead atoms. The molecular formula is C21H30N4O. The Morgan fingerprint density at radius 2 is 2.15 bits per heavy atom. The molecule has 1 aliphatic carbocycles. The molecule has 2 aromatic rings. The highest BCUT2D eigenvalue weighted by Crippen LogP contribution is 2.28. The van der Waals surface area contributed by atoms with Gasteiger partial charge in [-0.05, 0) is 62.4 Å². The van der Waals surface area contributed by atoms with Crippen LogP contribution in [0.15, 0.2) is 36.5 Å². The normalized spacial score (nSPS) is 17.7. The minimum atomic E-state index is 0.324. The Morgan fingerprint density at radius 3 is 3.00 bits per heavy atom. The molecule has 2 atom stereocenters. The number of hydrogen-bond acceptors (Lipinski definition) is 5. The number of methoxy groups -OCH3 is 1. The van der Waals surface area contributed by atoms with Gasteiger partial charge in [0.25, 0.3) is 0 Å². The van der Waals surface area contributed by atoms with Gasteiger partial charge < -0.3 is 15.8 Å². The predicted molar refractivity (Wildman–Crippen MR) is 104 cm³/mol. The van der Waals surface area contributed by atoms with E-state index in [1.807, 2.05) is 18.3 Å². The number of nitrogens with one attached hydrogen (secondary N) is 1. The van der Waals surface area contributed by atoms with Crippen molar-refractivity contribution < 1.29 is 4.74 Å². The Balaban J connectivity index is 1.71. The van der Waals surface area contributed by atoms with Crippen LogP contribution in [-0.4, -0.2) is 29.7 Å². The summed E-state index contributed by atoms with van der Waals surface area (Å²) in [6.07, 6.45) is 8.35. The summed E-state index contributed by atoms with van der Waals surface area (Å²) in [6.45, 7) is 1.27. The van der Waals surface area contributed by atoms with E-state index in [1.165, 1.54) is 17.7 Å². The molecule has 0 radical (unpaired) electrons. The summed E-state index contributed by atoms with van der Waals surface area (Å²) in [5.41, 5.74) is 10.5. The molecule has 0 saturated heterocycles. The number of nitrogens with zero attached hydrogens (tertiary/aromatic N) is 2. The molecule has 2 aromatic heterocycles. The van der Waals surface area contributed by atoms with Crippen LogP contribution in [-0.2, 0) is 24.2 Å². The fraction of sp³-hybridized carbons (Fsp3) is 0.524. The van der Waals surface area contributed by atoms with E-state index in [4.69, 9.17) is 15.5 Å². The van der Waals surface area contributed by atoms with Crippen molar-refractivity contribution in [1.82, 2.24) is 15.3 Å². The zero-order valence-corrected chi connectivity index (χ0v) is 15.7. The van der Waals surface area contributed by atoms with E-state index in [9.17, 15) is 0 Å². The van der Waals surface area contributed by atoms with Gasteiger partial charge in [0.1, 0.15) is 0 Å². The van der Waals surface area contributed by atoms with Crippen molar-refractivity contribution in [3.8, 4) is 0 Å². The molecular weight excluding hydrogens is 324 g/mol. The maximum atomic E-state index is 5.77. The first-order valence-corrected chi connectivity index (χ1v) is 9.63. The van der Waals surface area contributed by atoms with E-state index in [0.29, 0.717) is 18.7 Å². The quantitative estimate of drug-likeness (QED) is 0.724. The number of aromatic nitrogens is 2. The fourth-order valence-corrected chi connectivity index (χ4v) is 3.79. The number of ether oxygens (including phenoxy) is 1. The average molecular weight is 354 g/mol. The van der Waals surface area contributed by atoms with Crippen LogP contribution in [0.25, 0.3) is 0 Å². The lowest BCUT2D eigenvalue weighted by Gasteiger charge is -2.30. The molecule has 0 saturated carbocycles. The topological polar surface area (TPSA) is 73.1 Å². The maximum absolute atomic E-state index is 5.77. The van der Waals surface area contributed by atoms with E-state index in [-0.39, 0.29) is 0 Å². The molecule has 1 aliphatic rings. The zero-order valence-electron chi connectivity index (χ0n) is 15.7. The Morgan fingerprint density at radius 1 is 1.27 bits per heavy atom. The summed E-state index contributed by atoms with van der Waals surface area (Å²) in [5, 5.41) is 3.86. The van der Waals surface area contributed by atoms with Crippen LogP contribution in [0.2, 0.25) is 0 Å². The summed E-state index contributed by atoms with van der Waals surface area (Å²) >= 11 is 0. The molecule has 2 unspecified atom stereocenters. The first-order valence-electron chi connectivity index (χ1n) is 9.63. The summed E-state index contributed by atoms with van der Waals surface area (Å²) in [5.74, 6) is 0. The van der Waals surface area contributed by atoms with Crippen molar-refractivity contribution in [2.75, 3.05) is 13.7 Å². The number of fused-ring (bicyclic) bond motifs is 1. The van der Waals surface area contributed by atoms with Crippen LogP contribution in [0.5, 0.6) is 0 Å². The van der Waals surface area contributed by atoms with Crippen LogP contribution >= 0.6 is 0 Å². The molecule has 5 nitrogen and oxygen atoms in total. The Hall–Kier alpha value is -1.82. The first-order chi connectivity index (χ1) is 12.8. The van der Waals surface area contributed by atoms with Crippen molar-refractivity contribution in [2.24, 2.45) is 5.73 Å². The highest BCUT2D eigenvalue weighted by Gasteiger charge is 2.24. The maximum Gasteiger partial charge on any atom is 0.0884 e. The molecule has 0 fully saturated rings. The molecule has 3 rings (SSSR count). The lowest BCUT2D eigenvalue weighted by Crippen LogP contribution is -2.37. The molecule has 0 aromatic carbocycles. The number of pyridine rings is 2. The minimum absolute atomic E-state index is 0.324. The van der Waals surface area contributed by atoms with E-state index in [2.05, 4.69) is 28.5 Å². The zero-order chi connectivity index (χ0) is 18.2. The van der Waals surface area contributed by atoms with Gasteiger partial charge in [-0.25, -0.2) is 0 Å². The molecule has 3 N–H and O–H groups in total. The lowest BCUT2D eigenvalue weighted by molar-refractivity contribution is 0.181. The Labute approximate surface area is 156 Å². The third-order valence-corrected chi connectivity index (χ3v) is 5.00. The number of rotatable bonds is 9. The van der Waals surface area contributed by atoms with Gasteiger partial charge in [0.15, 0.2) is 0 Å². The van der Waals surface area contributed by atoms with Crippen molar-refractivity contribution in [2.45, 2.75) is 57.2 Å². The van der Waals surface area contributed by atoms with Crippen LogP contribution < -0.4 is 11.1 Å². The highest BCUT2D eigenvalue weighted by molar-refractivity contribution is 5.25. The molecule has 26 heavy (non-hydrogen) atoms. The summed E-state index contributed by atoms with van der Waals surface area (Å²) in [7, 11) is 1.70. The van der Waals surface area contributed by atoms with Gasteiger partial charge in [-0.15, -0.1) is 0 Å². The standard InChI is InChI=1S/C21H30N4O/c1-26-15-19-9-3-8-17(24-19)14-18(10-4-12-22)25-20-11-2-6-16-7-5-13-23-21(16)20/h3,5,7-9,13,18,20,25H,2,4,6,10-12,14-15,22H2,1H3. The molecule has 2 heterocycles. The van der Waals surface area contributed by atoms with Crippen molar-refractivity contribution in [1.29, 1.82) is 0 Å². The number of aryl methyl sites for hydroxylation is 1. The van der Waals surface area contributed by atoms with E-state index in [0.717, 1.165) is 50.0 Å². The van der Waals surface area contributed by atoms with Crippen LogP contribution in [0.1, 0.15) is 54.4 Å². The fourth-order valence-electron chi connectivity index (χ4n) is 3.79. The largest absolute Gasteiger partial charge is 0.378 e. The van der Waals surface area contributed by atoms with Gasteiger partial charge in [-0.2, -0.15) is 0 Å². The summed E-state index contributed by atoms with van der Waals surface area (Å²) in [4.78, 5) is 9.40. The van der Waals surface area contributed by atoms with Gasteiger partial charge >= 0.3 is 0 Å². The first kappa shape index (κ1) is 19.0. The minimum Gasteiger partial charge on any atom is -0.378 e. The van der Waals surface area contributed by atoms with Crippen LogP contribution in [0.3, 0.4) is 0 Å². The van der Waals surface area contributed by atoms with Crippen LogP contribution in [0.4, 0.5) is 0 Å². The van der Waals surface area contributed by atoms with Gasteiger partial charge in [-0.3, -0.25) is 9.97 Å². The molecule has 0 amide bonds. The number of hydrogen-bond donors (Lipinski definition) is 2. The smallest absolute Gasteiger partial charge is 0.0884 e. The lowest BCUT2D eigenvalue weighted by atomic mass is 9.90. The van der Waals surface area contributed by atoms with Crippen LogP contribution in [0, 0.1) is 0 Å². The second kappa shape index (κ2) is 9.76. The molecule has 0 spiro atoms. The third-order valence-electron chi connectivity index (χ3n) is 5.00. The Kier molecular flexibility index (Phi) is 7.12. The van der Waals surface area contributed by atoms with Gasteiger partial charge in [0.05, 0.1) is 18.0 Å². The Bertz CT molecular complexity index is 691. The monoisotopic (exact) mass is 354 g/mol. The van der Waals surface area contributed by atoms with Crippen molar-refractivity contribution in [3.63, 3.8) is 0 Å².